The fourth-order valence-corrected chi connectivity index (χ4v) is 5.94. The molecule has 0 heterocycles. The molecule has 3 aromatic carbocycles. The molecule has 0 aliphatic carbocycles. The number of benzene rings is 3. The van der Waals surface area contributed by atoms with E-state index >= 15 is 0 Å². The van der Waals surface area contributed by atoms with Crippen LogP contribution in [0.5, 0.6) is 0 Å². The first-order valence-corrected chi connectivity index (χ1v) is 16.5. The maximum absolute atomic E-state index is 14.3. The van der Waals surface area contributed by atoms with Crippen molar-refractivity contribution in [2.75, 3.05) is 17.1 Å². The molecule has 3 rings (SSSR count). The Labute approximate surface area is 253 Å². The van der Waals surface area contributed by atoms with Gasteiger partial charge in [-0.05, 0) is 54.2 Å². The first-order valence-electron chi connectivity index (χ1n) is 13.9. The molecular formula is C32H40BrN3O4S. The van der Waals surface area contributed by atoms with Crippen LogP contribution in [0.25, 0.3) is 0 Å². The number of hydrogen-bond acceptors (Lipinski definition) is 4. The zero-order valence-electron chi connectivity index (χ0n) is 24.4. The van der Waals surface area contributed by atoms with Crippen molar-refractivity contribution in [2.24, 2.45) is 0 Å². The first-order chi connectivity index (χ1) is 19.4. The van der Waals surface area contributed by atoms with Gasteiger partial charge in [-0.15, -0.1) is 0 Å². The number of halogens is 1. The van der Waals surface area contributed by atoms with Crippen LogP contribution in [-0.2, 0) is 32.6 Å². The number of nitrogens with zero attached hydrogens (tertiary/aromatic N) is 2. The third-order valence-electron chi connectivity index (χ3n) is 7.02. The quantitative estimate of drug-likeness (QED) is 0.252. The molecule has 2 unspecified atom stereocenters. The predicted molar refractivity (Wildman–Crippen MR) is 169 cm³/mol. The van der Waals surface area contributed by atoms with Gasteiger partial charge in [-0.2, -0.15) is 0 Å². The SMILES string of the molecule is CCC(C)NC(=O)C(Cc1ccccc1)N(Cc1cccc(Br)c1)C(=O)CN(c1ccccc1C(C)C)S(C)(=O)=O. The minimum Gasteiger partial charge on any atom is -0.352 e. The highest BCUT2D eigenvalue weighted by Gasteiger charge is 2.34. The summed E-state index contributed by atoms with van der Waals surface area (Å²) in [4.78, 5) is 29.6. The van der Waals surface area contributed by atoms with Crippen LogP contribution in [0.15, 0.2) is 83.3 Å². The molecule has 220 valence electrons. The number of anilines is 1. The predicted octanol–water partition coefficient (Wildman–Crippen LogP) is 5.89. The van der Waals surface area contributed by atoms with Crippen LogP contribution in [0.4, 0.5) is 5.69 Å². The standard InChI is InChI=1S/C32H40BrN3O4S/c1-6-24(4)34-32(38)30(20-25-13-8-7-9-14-25)35(21-26-15-12-16-27(33)19-26)31(37)22-36(41(5,39)40)29-18-11-10-17-28(29)23(2)3/h7-19,23-24,30H,6,20-22H2,1-5H3,(H,34,38). The van der Waals surface area contributed by atoms with E-state index in [1.807, 2.05) is 94.4 Å². The molecular weight excluding hydrogens is 602 g/mol. The minimum atomic E-state index is -3.83. The number of hydrogen-bond donors (Lipinski definition) is 1. The molecule has 7 nitrogen and oxygen atoms in total. The van der Waals surface area contributed by atoms with Crippen molar-refractivity contribution >= 4 is 43.5 Å². The van der Waals surface area contributed by atoms with Crippen LogP contribution < -0.4 is 9.62 Å². The third-order valence-corrected chi connectivity index (χ3v) is 8.64. The minimum absolute atomic E-state index is 0.0375. The van der Waals surface area contributed by atoms with E-state index in [0.717, 1.165) is 38.1 Å². The van der Waals surface area contributed by atoms with E-state index < -0.39 is 28.5 Å². The third kappa shape index (κ3) is 9.16. The van der Waals surface area contributed by atoms with Crippen molar-refractivity contribution in [3.05, 3.63) is 100 Å². The van der Waals surface area contributed by atoms with Gasteiger partial charge < -0.3 is 10.2 Å². The second-order valence-electron chi connectivity index (χ2n) is 10.7. The van der Waals surface area contributed by atoms with E-state index in [0.29, 0.717) is 5.69 Å². The summed E-state index contributed by atoms with van der Waals surface area (Å²) in [5.41, 5.74) is 2.99. The average molecular weight is 643 g/mol. The zero-order valence-corrected chi connectivity index (χ0v) is 26.8. The summed E-state index contributed by atoms with van der Waals surface area (Å²) in [6, 6.07) is 23.4. The van der Waals surface area contributed by atoms with E-state index in [9.17, 15) is 18.0 Å². The highest BCUT2D eigenvalue weighted by molar-refractivity contribution is 9.10. The Morgan fingerprint density at radius 2 is 1.54 bits per heavy atom. The van der Waals surface area contributed by atoms with Gasteiger partial charge in [0.2, 0.25) is 21.8 Å². The molecule has 0 aromatic heterocycles. The number of rotatable bonds is 13. The number of carbonyl (C=O) groups excluding carboxylic acids is 2. The number of para-hydroxylation sites is 1. The van der Waals surface area contributed by atoms with E-state index in [1.165, 1.54) is 4.90 Å². The Balaban J connectivity index is 2.10. The lowest BCUT2D eigenvalue weighted by molar-refractivity contribution is -0.140. The van der Waals surface area contributed by atoms with Crippen molar-refractivity contribution in [3.8, 4) is 0 Å². The zero-order chi connectivity index (χ0) is 30.2. The lowest BCUT2D eigenvalue weighted by atomic mass is 10.0. The Kier molecular flexibility index (Phi) is 11.5. The van der Waals surface area contributed by atoms with E-state index in [-0.39, 0.29) is 30.8 Å². The van der Waals surface area contributed by atoms with Gasteiger partial charge in [0.1, 0.15) is 12.6 Å². The Morgan fingerprint density at radius 3 is 2.15 bits per heavy atom. The van der Waals surface area contributed by atoms with Crippen molar-refractivity contribution in [1.29, 1.82) is 0 Å². The van der Waals surface area contributed by atoms with E-state index in [4.69, 9.17) is 0 Å². The second kappa shape index (κ2) is 14.6. The Bertz CT molecular complexity index is 1430. The van der Waals surface area contributed by atoms with Gasteiger partial charge >= 0.3 is 0 Å². The fourth-order valence-electron chi connectivity index (χ4n) is 4.62. The molecule has 3 aromatic rings. The van der Waals surface area contributed by atoms with Crippen LogP contribution in [0, 0.1) is 0 Å². The molecule has 0 bridgehead atoms. The number of sulfonamides is 1. The van der Waals surface area contributed by atoms with Crippen molar-refractivity contribution < 1.29 is 18.0 Å². The first kappa shape index (κ1) is 32.3. The number of amides is 2. The molecule has 0 fully saturated rings. The molecule has 2 atom stereocenters. The van der Waals surface area contributed by atoms with Crippen LogP contribution in [-0.4, -0.2) is 50.0 Å². The molecule has 0 aliphatic heterocycles. The molecule has 0 saturated carbocycles. The summed E-state index contributed by atoms with van der Waals surface area (Å²) in [5.74, 6) is -0.704. The molecule has 0 aliphatic rings. The van der Waals surface area contributed by atoms with E-state index in [1.54, 1.807) is 12.1 Å². The van der Waals surface area contributed by atoms with Crippen LogP contribution in [0.2, 0.25) is 0 Å². The van der Waals surface area contributed by atoms with Crippen molar-refractivity contribution in [2.45, 2.75) is 65.1 Å². The normalized spacial score (nSPS) is 13.0. The molecule has 2 amide bonds. The fraction of sp³-hybridized carbons (Fsp3) is 0.375. The lowest BCUT2D eigenvalue weighted by Crippen LogP contribution is -2.54. The summed E-state index contributed by atoms with van der Waals surface area (Å²) in [7, 11) is -3.83. The summed E-state index contributed by atoms with van der Waals surface area (Å²) in [6.07, 6.45) is 2.12. The van der Waals surface area contributed by atoms with Gasteiger partial charge in [-0.1, -0.05) is 97.4 Å². The number of carbonyl (C=O) groups is 2. The highest BCUT2D eigenvalue weighted by atomic mass is 79.9. The second-order valence-corrected chi connectivity index (χ2v) is 13.5. The van der Waals surface area contributed by atoms with Gasteiger partial charge in [0.15, 0.2) is 0 Å². The molecule has 9 heteroatoms. The Hall–Kier alpha value is -3.17. The largest absolute Gasteiger partial charge is 0.352 e. The van der Waals surface area contributed by atoms with Gasteiger partial charge in [-0.3, -0.25) is 13.9 Å². The van der Waals surface area contributed by atoms with Crippen molar-refractivity contribution in [3.63, 3.8) is 0 Å². The molecule has 0 saturated heterocycles. The molecule has 41 heavy (non-hydrogen) atoms. The Morgan fingerprint density at radius 1 is 0.902 bits per heavy atom. The number of nitrogens with one attached hydrogen (secondary N) is 1. The van der Waals surface area contributed by atoms with Crippen LogP contribution in [0.3, 0.4) is 0 Å². The summed E-state index contributed by atoms with van der Waals surface area (Å²) in [5, 5.41) is 3.05. The van der Waals surface area contributed by atoms with Gasteiger partial charge in [0, 0.05) is 23.5 Å². The van der Waals surface area contributed by atoms with Gasteiger partial charge in [0.05, 0.1) is 11.9 Å². The summed E-state index contributed by atoms with van der Waals surface area (Å²) < 4.78 is 28.2. The van der Waals surface area contributed by atoms with Crippen molar-refractivity contribution in [1.82, 2.24) is 10.2 Å². The molecule has 0 radical (unpaired) electrons. The average Bonchev–Trinajstić information content (AvgIpc) is 2.93. The molecule has 1 N–H and O–H groups in total. The van der Waals surface area contributed by atoms with E-state index in [2.05, 4.69) is 21.2 Å². The smallest absolute Gasteiger partial charge is 0.244 e. The summed E-state index contributed by atoms with van der Waals surface area (Å²) in [6.45, 7) is 7.57. The van der Waals surface area contributed by atoms with Gasteiger partial charge in [0.25, 0.3) is 0 Å². The maximum Gasteiger partial charge on any atom is 0.244 e. The highest BCUT2D eigenvalue weighted by Crippen LogP contribution is 2.29. The van der Waals surface area contributed by atoms with Crippen LogP contribution in [0.1, 0.15) is 56.7 Å². The summed E-state index contributed by atoms with van der Waals surface area (Å²) >= 11 is 3.50. The monoisotopic (exact) mass is 641 g/mol. The lowest BCUT2D eigenvalue weighted by Gasteiger charge is -2.34. The maximum atomic E-state index is 14.3. The topological polar surface area (TPSA) is 86.8 Å². The van der Waals surface area contributed by atoms with Gasteiger partial charge in [-0.25, -0.2) is 8.42 Å². The molecule has 0 spiro atoms. The van der Waals surface area contributed by atoms with Crippen LogP contribution >= 0.6 is 15.9 Å².